The van der Waals surface area contributed by atoms with Crippen molar-refractivity contribution in [2.75, 3.05) is 4.90 Å². The first-order valence-electron chi connectivity index (χ1n) is 17.8. The second kappa shape index (κ2) is 11.9. The molecule has 0 spiro atoms. The van der Waals surface area contributed by atoms with Gasteiger partial charge in [-0.1, -0.05) is 77.1 Å². The Morgan fingerprint density at radius 1 is 0.635 bits per heavy atom. The van der Waals surface area contributed by atoms with Crippen LogP contribution in [0.1, 0.15) is 51.3 Å². The molecule has 1 aliphatic heterocycles. The number of anilines is 2. The normalized spacial score (nSPS) is 13.0. The first-order chi connectivity index (χ1) is 25.1. The molecular weight excluding hydrogens is 641 g/mol. The van der Waals surface area contributed by atoms with Gasteiger partial charge in [-0.15, -0.1) is 0 Å². The molecular formula is C45H40N6O. The lowest BCUT2D eigenvalue weighted by Gasteiger charge is -2.33. The van der Waals surface area contributed by atoms with E-state index in [4.69, 9.17) is 9.72 Å². The molecule has 1 aliphatic rings. The van der Waals surface area contributed by atoms with E-state index in [2.05, 4.69) is 168 Å². The quantitative estimate of drug-likeness (QED) is 0.175. The number of hydrogen-bond acceptors (Lipinski definition) is 5. The van der Waals surface area contributed by atoms with Crippen LogP contribution < -0.4 is 9.64 Å². The number of aromatic nitrogens is 5. The maximum Gasteiger partial charge on any atom is 0.143 e. The lowest BCUT2D eigenvalue weighted by molar-refractivity contribution is 0.479. The van der Waals surface area contributed by atoms with Crippen molar-refractivity contribution in [3.05, 3.63) is 157 Å². The van der Waals surface area contributed by atoms with E-state index in [-0.39, 0.29) is 10.8 Å². The Labute approximate surface area is 303 Å². The van der Waals surface area contributed by atoms with E-state index < -0.39 is 0 Å². The number of ether oxygens (including phenoxy) is 1. The van der Waals surface area contributed by atoms with Crippen LogP contribution in [0.2, 0.25) is 0 Å². The summed E-state index contributed by atoms with van der Waals surface area (Å²) in [6, 6.07) is 38.4. The van der Waals surface area contributed by atoms with Crippen LogP contribution in [0.4, 0.5) is 11.4 Å². The van der Waals surface area contributed by atoms with Gasteiger partial charge in [0.1, 0.15) is 29.8 Å². The Hall–Kier alpha value is -6.21. The van der Waals surface area contributed by atoms with Crippen LogP contribution in [-0.2, 0) is 17.5 Å². The number of pyridine rings is 2. The third-order valence-corrected chi connectivity index (χ3v) is 10.5. The molecule has 4 aromatic heterocycles. The van der Waals surface area contributed by atoms with Gasteiger partial charge < -0.3 is 14.2 Å². The van der Waals surface area contributed by atoms with Crippen molar-refractivity contribution >= 4 is 33.2 Å². The fraction of sp³-hybridized carbons (Fsp3) is 0.178. The van der Waals surface area contributed by atoms with Crippen molar-refractivity contribution in [2.45, 2.75) is 52.1 Å². The first-order valence-corrected chi connectivity index (χ1v) is 17.8. The summed E-state index contributed by atoms with van der Waals surface area (Å²) in [5, 5.41) is 2.23. The summed E-state index contributed by atoms with van der Waals surface area (Å²) in [6.07, 6.45) is 9.60. The van der Waals surface area contributed by atoms with Gasteiger partial charge in [0.25, 0.3) is 0 Å². The molecule has 0 unspecified atom stereocenters. The summed E-state index contributed by atoms with van der Waals surface area (Å²) in [7, 11) is 0. The maximum atomic E-state index is 6.82. The van der Waals surface area contributed by atoms with Gasteiger partial charge >= 0.3 is 0 Å². The summed E-state index contributed by atoms with van der Waals surface area (Å²) in [5.41, 5.74) is 8.62. The van der Waals surface area contributed by atoms with Crippen LogP contribution in [0.15, 0.2) is 140 Å². The van der Waals surface area contributed by atoms with E-state index in [0.717, 1.165) is 61.9 Å². The number of hydrogen-bond donors (Lipinski definition) is 0. The topological polar surface area (TPSA) is 61.0 Å². The molecule has 0 saturated heterocycles. The number of imidazole rings is 1. The van der Waals surface area contributed by atoms with Crippen molar-refractivity contribution in [1.82, 2.24) is 24.1 Å². The van der Waals surface area contributed by atoms with E-state index >= 15 is 0 Å². The number of rotatable bonds is 6. The van der Waals surface area contributed by atoms with Crippen LogP contribution >= 0.6 is 0 Å². The van der Waals surface area contributed by atoms with Crippen LogP contribution in [0.25, 0.3) is 39.0 Å². The van der Waals surface area contributed by atoms with E-state index in [1.54, 1.807) is 0 Å². The first kappa shape index (κ1) is 31.7. The Kier molecular flexibility index (Phi) is 7.29. The number of para-hydroxylation sites is 1. The highest BCUT2D eigenvalue weighted by Gasteiger charge is 2.27. The Balaban J connectivity index is 1.15. The van der Waals surface area contributed by atoms with Crippen molar-refractivity contribution in [2.24, 2.45) is 0 Å². The fourth-order valence-electron chi connectivity index (χ4n) is 7.49. The Morgan fingerprint density at radius 3 is 2.29 bits per heavy atom. The molecule has 9 rings (SSSR count). The fourth-order valence-corrected chi connectivity index (χ4v) is 7.49. The Bertz CT molecular complexity index is 2610. The molecule has 0 radical (unpaired) electrons. The highest BCUT2D eigenvalue weighted by Crippen LogP contribution is 2.43. The minimum Gasteiger partial charge on any atom is -0.457 e. The standard InChI is InChI=1S/C45H40N6O/c1-44(2,3)32-23-33(50-29-49-22-21-48-43(49)38-13-9-10-14-39(38)50)26-35(24-32)52-34-15-16-36-37-18-19-46-28-41(37)51(40(36)27-34)42-25-31(17-20-47-42)45(4,5)30-11-7-6-8-12-30/h6-28H,29H2,1-5H3. The SMILES string of the molecule is CC(C)(C)c1cc(Oc2ccc3c4ccncc4n(-c4cc(C(C)(C)c5ccccc5)ccn4)c3c2)cc(N2Cn3ccnc3-c3ccccc32)c1. The lowest BCUT2D eigenvalue weighted by Crippen LogP contribution is -2.26. The van der Waals surface area contributed by atoms with Gasteiger partial charge in [-0.2, -0.15) is 0 Å². The Morgan fingerprint density at radius 2 is 1.44 bits per heavy atom. The molecule has 7 nitrogen and oxygen atoms in total. The summed E-state index contributed by atoms with van der Waals surface area (Å²) in [4.78, 5) is 16.4. The monoisotopic (exact) mass is 680 g/mol. The van der Waals surface area contributed by atoms with Crippen LogP contribution in [-0.4, -0.2) is 24.1 Å². The average Bonchev–Trinajstić information content (AvgIpc) is 3.77. The number of nitrogens with zero attached hydrogens (tertiary/aromatic N) is 6. The molecule has 0 atom stereocenters. The van der Waals surface area contributed by atoms with E-state index in [0.29, 0.717) is 6.67 Å². The molecule has 0 saturated carbocycles. The average molecular weight is 681 g/mol. The molecule has 0 fully saturated rings. The zero-order valence-electron chi connectivity index (χ0n) is 30.1. The number of fused-ring (bicyclic) bond motifs is 6. The predicted molar refractivity (Wildman–Crippen MR) is 210 cm³/mol. The summed E-state index contributed by atoms with van der Waals surface area (Å²) < 4.78 is 11.2. The zero-order chi connectivity index (χ0) is 35.6. The molecule has 52 heavy (non-hydrogen) atoms. The summed E-state index contributed by atoms with van der Waals surface area (Å²) in [5.74, 6) is 3.35. The molecule has 256 valence electrons. The molecule has 4 aromatic carbocycles. The van der Waals surface area contributed by atoms with E-state index in [1.807, 2.05) is 31.0 Å². The molecule has 0 N–H and O–H groups in total. The predicted octanol–water partition coefficient (Wildman–Crippen LogP) is 11.0. The summed E-state index contributed by atoms with van der Waals surface area (Å²) >= 11 is 0. The van der Waals surface area contributed by atoms with Crippen LogP contribution in [0, 0.1) is 0 Å². The van der Waals surface area contributed by atoms with Gasteiger partial charge in [0.05, 0.1) is 22.9 Å². The minimum atomic E-state index is -0.214. The maximum absolute atomic E-state index is 6.82. The number of benzene rings is 4. The lowest BCUT2D eigenvalue weighted by atomic mass is 9.78. The van der Waals surface area contributed by atoms with Gasteiger partial charge in [0, 0.05) is 64.4 Å². The third kappa shape index (κ3) is 5.32. The van der Waals surface area contributed by atoms with Crippen molar-refractivity contribution in [3.63, 3.8) is 0 Å². The molecule has 8 aromatic rings. The van der Waals surface area contributed by atoms with Gasteiger partial charge in [0.2, 0.25) is 0 Å². The zero-order valence-corrected chi connectivity index (χ0v) is 30.1. The molecule has 5 heterocycles. The third-order valence-electron chi connectivity index (χ3n) is 10.5. The molecule has 0 aliphatic carbocycles. The highest BCUT2D eigenvalue weighted by molar-refractivity contribution is 6.09. The smallest absolute Gasteiger partial charge is 0.143 e. The van der Waals surface area contributed by atoms with Crippen molar-refractivity contribution in [1.29, 1.82) is 0 Å². The summed E-state index contributed by atoms with van der Waals surface area (Å²) in [6.45, 7) is 11.9. The molecule has 0 amide bonds. The second-order valence-electron chi connectivity index (χ2n) is 15.2. The minimum absolute atomic E-state index is 0.100. The van der Waals surface area contributed by atoms with Gasteiger partial charge in [0.15, 0.2) is 0 Å². The van der Waals surface area contributed by atoms with Crippen molar-refractivity contribution < 1.29 is 4.74 Å². The van der Waals surface area contributed by atoms with Gasteiger partial charge in [-0.05, 0) is 76.7 Å². The largest absolute Gasteiger partial charge is 0.457 e. The highest BCUT2D eigenvalue weighted by atomic mass is 16.5. The van der Waals surface area contributed by atoms with Crippen LogP contribution in [0.5, 0.6) is 11.5 Å². The molecule has 7 heteroatoms. The molecule has 0 bridgehead atoms. The van der Waals surface area contributed by atoms with E-state index in [9.17, 15) is 0 Å². The van der Waals surface area contributed by atoms with Crippen molar-refractivity contribution in [3.8, 4) is 28.7 Å². The van der Waals surface area contributed by atoms with Crippen LogP contribution in [0.3, 0.4) is 0 Å². The second-order valence-corrected chi connectivity index (χ2v) is 15.2. The van der Waals surface area contributed by atoms with E-state index in [1.165, 1.54) is 16.7 Å². The van der Waals surface area contributed by atoms with Gasteiger partial charge in [-0.3, -0.25) is 9.55 Å². The van der Waals surface area contributed by atoms with Gasteiger partial charge in [-0.25, -0.2) is 9.97 Å².